The smallest absolute Gasteiger partial charge is 0.416 e. The minimum absolute atomic E-state index is 0.0141. The molecule has 0 spiro atoms. The lowest BCUT2D eigenvalue weighted by Crippen LogP contribution is -2.29. The van der Waals surface area contributed by atoms with E-state index < -0.39 is 11.7 Å². The number of nitrogens with zero attached hydrogens (tertiary/aromatic N) is 2. The van der Waals surface area contributed by atoms with Gasteiger partial charge in [0.05, 0.1) is 22.4 Å². The van der Waals surface area contributed by atoms with E-state index in [-0.39, 0.29) is 24.1 Å². The van der Waals surface area contributed by atoms with Crippen LogP contribution in [0.3, 0.4) is 0 Å². The fourth-order valence-electron chi connectivity index (χ4n) is 4.12. The Morgan fingerprint density at radius 2 is 1.97 bits per heavy atom. The van der Waals surface area contributed by atoms with E-state index in [2.05, 4.69) is 16.4 Å². The van der Waals surface area contributed by atoms with Crippen molar-refractivity contribution in [3.05, 3.63) is 70.8 Å². The largest absolute Gasteiger partial charge is 0.507 e. The SMILES string of the molecule is N#Cc1c(C2CCCNC2)cc(-c2c(O)cccc2OCc2ccc(C(F)(F)F)cc2)nc1N. The number of piperidine rings is 1. The van der Waals surface area contributed by atoms with Crippen LogP contribution in [-0.4, -0.2) is 23.2 Å². The van der Waals surface area contributed by atoms with Gasteiger partial charge in [0.15, 0.2) is 0 Å². The number of aromatic hydroxyl groups is 1. The molecule has 2 heterocycles. The zero-order valence-electron chi connectivity index (χ0n) is 18.2. The van der Waals surface area contributed by atoms with Crippen molar-refractivity contribution >= 4 is 5.82 Å². The highest BCUT2D eigenvalue weighted by molar-refractivity contribution is 5.76. The summed E-state index contributed by atoms with van der Waals surface area (Å²) in [4.78, 5) is 4.35. The zero-order chi connectivity index (χ0) is 24.3. The van der Waals surface area contributed by atoms with Gasteiger partial charge in [0, 0.05) is 6.54 Å². The number of nitriles is 1. The Bertz CT molecular complexity index is 1210. The molecule has 1 aromatic heterocycles. The van der Waals surface area contributed by atoms with Crippen LogP contribution in [0.25, 0.3) is 11.3 Å². The van der Waals surface area contributed by atoms with Gasteiger partial charge in [-0.3, -0.25) is 0 Å². The van der Waals surface area contributed by atoms with Gasteiger partial charge < -0.3 is 20.9 Å². The number of halogens is 3. The average molecular weight is 468 g/mol. The summed E-state index contributed by atoms with van der Waals surface area (Å²) >= 11 is 0. The number of benzene rings is 2. The molecule has 4 rings (SSSR count). The Morgan fingerprint density at radius 3 is 2.62 bits per heavy atom. The van der Waals surface area contributed by atoms with Crippen molar-refractivity contribution in [2.24, 2.45) is 0 Å². The Labute approximate surface area is 194 Å². The molecule has 0 radical (unpaired) electrons. The van der Waals surface area contributed by atoms with Gasteiger partial charge in [0.25, 0.3) is 0 Å². The number of phenols is 1. The van der Waals surface area contributed by atoms with Gasteiger partial charge in [-0.2, -0.15) is 18.4 Å². The van der Waals surface area contributed by atoms with Crippen LogP contribution in [0.2, 0.25) is 0 Å². The first-order valence-corrected chi connectivity index (χ1v) is 10.8. The van der Waals surface area contributed by atoms with Gasteiger partial charge in [-0.1, -0.05) is 18.2 Å². The van der Waals surface area contributed by atoms with E-state index in [0.717, 1.165) is 37.1 Å². The van der Waals surface area contributed by atoms with Crippen LogP contribution in [-0.2, 0) is 12.8 Å². The minimum atomic E-state index is -4.41. The normalized spacial score (nSPS) is 16.1. The number of aromatic nitrogens is 1. The number of nitrogens with two attached hydrogens (primary N) is 1. The number of phenolic OH excluding ortho intramolecular Hbond substituents is 1. The molecule has 3 aromatic rings. The molecule has 0 bridgehead atoms. The highest BCUT2D eigenvalue weighted by Gasteiger charge is 2.30. The Hall–Kier alpha value is -3.77. The number of nitrogen functional groups attached to an aromatic ring is 1. The summed E-state index contributed by atoms with van der Waals surface area (Å²) in [5.74, 6) is 0.353. The molecule has 0 aliphatic carbocycles. The van der Waals surface area contributed by atoms with Gasteiger partial charge in [0.2, 0.25) is 0 Å². The van der Waals surface area contributed by atoms with Crippen molar-refractivity contribution in [1.29, 1.82) is 5.26 Å². The Kier molecular flexibility index (Phi) is 6.61. The predicted molar refractivity (Wildman–Crippen MR) is 121 cm³/mol. The van der Waals surface area contributed by atoms with E-state index in [1.807, 2.05) is 0 Å². The number of ether oxygens (including phenoxy) is 1. The quantitative estimate of drug-likeness (QED) is 0.488. The summed E-state index contributed by atoms with van der Waals surface area (Å²) in [6.45, 7) is 1.60. The van der Waals surface area contributed by atoms with Crippen LogP contribution in [0.1, 0.15) is 41.0 Å². The zero-order valence-corrected chi connectivity index (χ0v) is 18.2. The van der Waals surface area contributed by atoms with Gasteiger partial charge in [-0.25, -0.2) is 4.98 Å². The highest BCUT2D eigenvalue weighted by atomic mass is 19.4. The van der Waals surface area contributed by atoms with Crippen molar-refractivity contribution in [2.45, 2.75) is 31.5 Å². The van der Waals surface area contributed by atoms with Gasteiger partial charge >= 0.3 is 6.18 Å². The monoisotopic (exact) mass is 468 g/mol. The van der Waals surface area contributed by atoms with E-state index in [1.165, 1.54) is 18.2 Å². The summed E-state index contributed by atoms with van der Waals surface area (Å²) in [7, 11) is 0. The van der Waals surface area contributed by atoms with Gasteiger partial charge in [-0.15, -0.1) is 0 Å². The number of anilines is 1. The maximum atomic E-state index is 12.8. The molecule has 0 saturated carbocycles. The molecule has 0 amide bonds. The third-order valence-electron chi connectivity index (χ3n) is 5.86. The molecular weight excluding hydrogens is 445 g/mol. The third kappa shape index (κ3) is 4.92. The van der Waals surface area contributed by atoms with Crippen molar-refractivity contribution in [3.63, 3.8) is 0 Å². The summed E-state index contributed by atoms with van der Waals surface area (Å²) in [5, 5.41) is 23.6. The summed E-state index contributed by atoms with van der Waals surface area (Å²) in [6, 6.07) is 13.3. The van der Waals surface area contributed by atoms with E-state index in [1.54, 1.807) is 18.2 Å². The topological polar surface area (TPSA) is 104 Å². The molecule has 1 fully saturated rings. The van der Waals surface area contributed by atoms with Gasteiger partial charge in [-0.05, 0) is 66.8 Å². The standard InChI is InChI=1S/C25H23F3N4O2/c26-25(27,28)17-8-6-15(7-9-17)14-34-22-5-1-4-21(33)23(22)20-11-18(16-3-2-10-31-13-16)19(12-29)24(30)32-20/h1,4-9,11,16,31,33H,2-3,10,13-14H2,(H2,30,32). The van der Waals surface area contributed by atoms with Crippen LogP contribution in [0.5, 0.6) is 11.5 Å². The second-order valence-corrected chi connectivity index (χ2v) is 8.15. The maximum absolute atomic E-state index is 12.8. The molecule has 1 atom stereocenters. The second-order valence-electron chi connectivity index (χ2n) is 8.15. The maximum Gasteiger partial charge on any atom is 0.416 e. The first kappa shape index (κ1) is 23.4. The molecule has 176 valence electrons. The fourth-order valence-corrected chi connectivity index (χ4v) is 4.12. The molecule has 6 nitrogen and oxygen atoms in total. The molecule has 2 aromatic carbocycles. The first-order chi connectivity index (χ1) is 16.3. The van der Waals surface area contributed by atoms with Crippen molar-refractivity contribution in [3.8, 4) is 28.8 Å². The molecule has 4 N–H and O–H groups in total. The average Bonchev–Trinajstić information content (AvgIpc) is 2.82. The van der Waals surface area contributed by atoms with Gasteiger partial charge in [0.1, 0.15) is 30.0 Å². The molecule has 1 aliphatic rings. The van der Waals surface area contributed by atoms with Crippen molar-refractivity contribution in [1.82, 2.24) is 10.3 Å². The number of nitrogens with one attached hydrogen (secondary N) is 1. The molecular formula is C25H23F3N4O2. The lowest BCUT2D eigenvalue weighted by atomic mass is 9.88. The van der Waals surface area contributed by atoms with E-state index >= 15 is 0 Å². The lowest BCUT2D eigenvalue weighted by molar-refractivity contribution is -0.137. The summed E-state index contributed by atoms with van der Waals surface area (Å²) < 4.78 is 44.3. The van der Waals surface area contributed by atoms with Crippen LogP contribution in [0.15, 0.2) is 48.5 Å². The fraction of sp³-hybridized carbons (Fsp3) is 0.280. The number of pyridine rings is 1. The highest BCUT2D eigenvalue weighted by Crippen LogP contribution is 2.40. The number of hydrogen-bond donors (Lipinski definition) is 3. The summed E-state index contributed by atoms with van der Waals surface area (Å²) in [5.41, 5.74) is 7.65. The minimum Gasteiger partial charge on any atom is -0.507 e. The van der Waals surface area contributed by atoms with Crippen LogP contribution < -0.4 is 15.8 Å². The first-order valence-electron chi connectivity index (χ1n) is 10.8. The third-order valence-corrected chi connectivity index (χ3v) is 5.86. The lowest BCUT2D eigenvalue weighted by Gasteiger charge is -2.25. The Balaban J connectivity index is 1.67. The number of alkyl halides is 3. The molecule has 9 heteroatoms. The van der Waals surface area contributed by atoms with Crippen LogP contribution >= 0.6 is 0 Å². The molecule has 1 unspecified atom stereocenters. The molecule has 1 saturated heterocycles. The van der Waals surface area contributed by atoms with Crippen molar-refractivity contribution < 1.29 is 23.0 Å². The Morgan fingerprint density at radius 1 is 1.21 bits per heavy atom. The molecule has 34 heavy (non-hydrogen) atoms. The number of hydrogen-bond acceptors (Lipinski definition) is 6. The molecule has 1 aliphatic heterocycles. The summed E-state index contributed by atoms with van der Waals surface area (Å²) in [6.07, 6.45) is -2.56. The van der Waals surface area contributed by atoms with Crippen LogP contribution in [0, 0.1) is 11.3 Å². The predicted octanol–water partition coefficient (Wildman–Crippen LogP) is 4.97. The van der Waals surface area contributed by atoms with Crippen molar-refractivity contribution in [2.75, 3.05) is 18.8 Å². The number of rotatable bonds is 5. The second kappa shape index (κ2) is 9.61. The van der Waals surface area contributed by atoms with Crippen LogP contribution in [0.4, 0.5) is 19.0 Å². The van der Waals surface area contributed by atoms with E-state index in [9.17, 15) is 23.5 Å². The van der Waals surface area contributed by atoms with E-state index in [4.69, 9.17) is 10.5 Å². The van der Waals surface area contributed by atoms with E-state index in [0.29, 0.717) is 34.7 Å².